The number of aromatic nitrogens is 2. The Morgan fingerprint density at radius 3 is 2.06 bits per heavy atom. The fraction of sp³-hybridized carbons (Fsp3) is 0.200. The topological polar surface area (TPSA) is 68.3 Å². The Kier molecular flexibility index (Phi) is 6.61. The second kappa shape index (κ2) is 9.20. The molecule has 0 radical (unpaired) electrons. The average Bonchev–Trinajstić information content (AvgIpc) is 2.66. The first-order valence-corrected chi connectivity index (χ1v) is 9.13. The number of ether oxygens (including phenoxy) is 2. The molecule has 0 saturated carbocycles. The molecule has 3 aromatic rings. The normalized spacial score (nSPS) is 11.7. The van der Waals surface area contributed by atoms with E-state index in [1.165, 1.54) is 30.3 Å². The van der Waals surface area contributed by atoms with E-state index in [9.17, 15) is 26.3 Å². The largest absolute Gasteiger partial charge is 0.573 e. The second-order valence-electron chi connectivity index (χ2n) is 6.27. The van der Waals surface area contributed by atoms with Crippen LogP contribution in [0.3, 0.4) is 0 Å². The van der Waals surface area contributed by atoms with Gasteiger partial charge < -0.3 is 20.1 Å². The van der Waals surface area contributed by atoms with Crippen molar-refractivity contribution in [3.8, 4) is 22.8 Å². The van der Waals surface area contributed by atoms with Crippen molar-refractivity contribution in [2.75, 3.05) is 17.2 Å². The molecular weight excluding hydrogens is 442 g/mol. The fourth-order valence-corrected chi connectivity index (χ4v) is 2.67. The van der Waals surface area contributed by atoms with Gasteiger partial charge in [-0.3, -0.25) is 0 Å². The molecule has 2 N–H and O–H groups in total. The SMILES string of the molecule is CCNc1nc(Nc2cccc(OC(F)(F)F)c2)cc(-c2cccc(OC(F)(F)F)c2)n1. The zero-order valence-electron chi connectivity index (χ0n) is 16.4. The predicted octanol–water partition coefficient (Wildman–Crippen LogP) is 6.12. The van der Waals surface area contributed by atoms with E-state index < -0.39 is 24.2 Å². The molecule has 0 spiro atoms. The molecule has 1 heterocycles. The Labute approximate surface area is 178 Å². The third-order valence-corrected chi connectivity index (χ3v) is 3.76. The van der Waals surface area contributed by atoms with Crippen molar-refractivity contribution in [2.45, 2.75) is 19.6 Å². The maximum absolute atomic E-state index is 12.5. The summed E-state index contributed by atoms with van der Waals surface area (Å²) in [4.78, 5) is 8.49. The van der Waals surface area contributed by atoms with Crippen LogP contribution in [0.1, 0.15) is 6.92 Å². The standard InChI is InChI=1S/C20H16F6N4O2/c1-2-27-18-29-16(12-5-3-7-14(9-12)31-19(21,22)23)11-17(30-18)28-13-6-4-8-15(10-13)32-20(24,25)26/h3-11H,2H2,1H3,(H2,27,28,29,30). The highest BCUT2D eigenvalue weighted by molar-refractivity contribution is 5.68. The van der Waals surface area contributed by atoms with Crippen molar-refractivity contribution in [3.05, 3.63) is 54.6 Å². The van der Waals surface area contributed by atoms with E-state index in [-0.39, 0.29) is 23.1 Å². The van der Waals surface area contributed by atoms with Crippen LogP contribution in [-0.4, -0.2) is 29.2 Å². The quantitative estimate of drug-likeness (QED) is 0.416. The molecule has 2 aromatic carbocycles. The van der Waals surface area contributed by atoms with E-state index in [4.69, 9.17) is 0 Å². The summed E-state index contributed by atoms with van der Waals surface area (Å²) in [5.74, 6) is -0.500. The first kappa shape index (κ1) is 23.0. The second-order valence-corrected chi connectivity index (χ2v) is 6.27. The summed E-state index contributed by atoms with van der Waals surface area (Å²) in [6.07, 6.45) is -9.70. The van der Waals surface area contributed by atoms with E-state index in [1.807, 2.05) is 0 Å². The van der Waals surface area contributed by atoms with Crippen LogP contribution in [-0.2, 0) is 0 Å². The number of rotatable bonds is 7. The molecule has 0 unspecified atom stereocenters. The number of alkyl halides is 6. The van der Waals surface area contributed by atoms with Gasteiger partial charge in [-0.05, 0) is 31.2 Å². The fourth-order valence-electron chi connectivity index (χ4n) is 2.67. The Morgan fingerprint density at radius 1 is 0.812 bits per heavy atom. The predicted molar refractivity (Wildman–Crippen MR) is 105 cm³/mol. The molecule has 170 valence electrons. The van der Waals surface area contributed by atoms with E-state index >= 15 is 0 Å². The van der Waals surface area contributed by atoms with Crippen molar-refractivity contribution >= 4 is 17.5 Å². The monoisotopic (exact) mass is 458 g/mol. The van der Waals surface area contributed by atoms with Crippen molar-refractivity contribution < 1.29 is 35.8 Å². The van der Waals surface area contributed by atoms with Crippen LogP contribution in [0.2, 0.25) is 0 Å². The van der Waals surface area contributed by atoms with E-state index in [0.717, 1.165) is 24.3 Å². The number of nitrogens with one attached hydrogen (secondary N) is 2. The zero-order valence-corrected chi connectivity index (χ0v) is 16.4. The van der Waals surface area contributed by atoms with Crippen LogP contribution in [0.25, 0.3) is 11.3 Å². The van der Waals surface area contributed by atoms with E-state index in [1.54, 1.807) is 6.92 Å². The number of halogens is 6. The Bertz CT molecular complexity index is 1070. The Morgan fingerprint density at radius 2 is 1.44 bits per heavy atom. The highest BCUT2D eigenvalue weighted by atomic mass is 19.4. The van der Waals surface area contributed by atoms with Gasteiger partial charge in [0.2, 0.25) is 5.95 Å². The van der Waals surface area contributed by atoms with Crippen LogP contribution in [0, 0.1) is 0 Å². The zero-order chi connectivity index (χ0) is 23.4. The highest BCUT2D eigenvalue weighted by Crippen LogP contribution is 2.30. The Balaban J connectivity index is 1.92. The third-order valence-electron chi connectivity index (χ3n) is 3.76. The smallest absolute Gasteiger partial charge is 0.406 e. The lowest BCUT2D eigenvalue weighted by atomic mass is 10.1. The summed E-state index contributed by atoms with van der Waals surface area (Å²) < 4.78 is 82.8. The van der Waals surface area contributed by atoms with Gasteiger partial charge in [-0.25, -0.2) is 4.98 Å². The summed E-state index contributed by atoms with van der Waals surface area (Å²) >= 11 is 0. The lowest BCUT2D eigenvalue weighted by Crippen LogP contribution is -2.17. The minimum Gasteiger partial charge on any atom is -0.406 e. The summed E-state index contributed by atoms with van der Waals surface area (Å²) in [6.45, 7) is 2.24. The van der Waals surface area contributed by atoms with Gasteiger partial charge in [0.15, 0.2) is 0 Å². The van der Waals surface area contributed by atoms with Crippen LogP contribution in [0.4, 0.5) is 43.8 Å². The lowest BCUT2D eigenvalue weighted by Gasteiger charge is -2.13. The molecule has 3 rings (SSSR count). The van der Waals surface area contributed by atoms with Gasteiger partial charge in [-0.1, -0.05) is 18.2 Å². The Hall–Kier alpha value is -3.70. The summed E-state index contributed by atoms with van der Waals surface area (Å²) in [7, 11) is 0. The molecule has 6 nitrogen and oxygen atoms in total. The number of anilines is 3. The molecule has 0 aliphatic carbocycles. The molecule has 0 saturated heterocycles. The molecule has 0 aliphatic rings. The van der Waals surface area contributed by atoms with E-state index in [0.29, 0.717) is 12.1 Å². The molecule has 0 bridgehead atoms. The van der Waals surface area contributed by atoms with Gasteiger partial charge in [0, 0.05) is 29.9 Å². The first-order chi connectivity index (χ1) is 15.0. The van der Waals surface area contributed by atoms with Gasteiger partial charge in [0.25, 0.3) is 0 Å². The van der Waals surface area contributed by atoms with Crippen molar-refractivity contribution in [1.29, 1.82) is 0 Å². The van der Waals surface area contributed by atoms with Gasteiger partial charge >= 0.3 is 12.7 Å². The maximum Gasteiger partial charge on any atom is 0.573 e. The molecule has 0 aliphatic heterocycles. The molecule has 0 fully saturated rings. The molecule has 0 amide bonds. The molecular formula is C20H16F6N4O2. The first-order valence-electron chi connectivity index (χ1n) is 9.13. The van der Waals surface area contributed by atoms with Crippen molar-refractivity contribution in [2.24, 2.45) is 0 Å². The van der Waals surface area contributed by atoms with Crippen LogP contribution in [0.15, 0.2) is 54.6 Å². The lowest BCUT2D eigenvalue weighted by molar-refractivity contribution is -0.275. The third kappa shape index (κ3) is 6.93. The summed E-state index contributed by atoms with van der Waals surface area (Å²) in [5, 5.41) is 5.73. The summed E-state index contributed by atoms with van der Waals surface area (Å²) in [5.41, 5.74) is 0.812. The minimum absolute atomic E-state index is 0.164. The molecule has 32 heavy (non-hydrogen) atoms. The number of nitrogens with zero attached hydrogens (tertiary/aromatic N) is 2. The minimum atomic E-state index is -4.85. The van der Waals surface area contributed by atoms with Crippen molar-refractivity contribution in [1.82, 2.24) is 9.97 Å². The van der Waals surface area contributed by atoms with Crippen molar-refractivity contribution in [3.63, 3.8) is 0 Å². The number of hydrogen-bond acceptors (Lipinski definition) is 6. The number of hydrogen-bond donors (Lipinski definition) is 2. The summed E-state index contributed by atoms with van der Waals surface area (Å²) in [6, 6.07) is 11.8. The van der Waals surface area contributed by atoms with E-state index in [2.05, 4.69) is 30.1 Å². The molecule has 1 aromatic heterocycles. The van der Waals surface area contributed by atoms with Crippen LogP contribution < -0.4 is 20.1 Å². The van der Waals surface area contributed by atoms with Crippen LogP contribution >= 0.6 is 0 Å². The van der Waals surface area contributed by atoms with Crippen LogP contribution in [0.5, 0.6) is 11.5 Å². The molecule has 0 atom stereocenters. The van der Waals surface area contributed by atoms with Gasteiger partial charge in [-0.15, -0.1) is 26.3 Å². The van der Waals surface area contributed by atoms with Gasteiger partial charge in [-0.2, -0.15) is 4.98 Å². The number of benzene rings is 2. The highest BCUT2D eigenvalue weighted by Gasteiger charge is 2.31. The van der Waals surface area contributed by atoms with Gasteiger partial charge in [0.05, 0.1) is 5.69 Å². The van der Waals surface area contributed by atoms with Gasteiger partial charge in [0.1, 0.15) is 17.3 Å². The average molecular weight is 458 g/mol. The molecule has 12 heteroatoms. The maximum atomic E-state index is 12.5.